The van der Waals surface area contributed by atoms with Crippen LogP contribution in [0, 0.1) is 10.7 Å². The molecule has 0 radical (unpaired) electrons. The molecule has 0 fully saturated rings. The molecule has 0 aliphatic heterocycles. The number of hydrogen-bond donors (Lipinski definition) is 1. The van der Waals surface area contributed by atoms with Crippen LogP contribution in [-0.4, -0.2) is 4.98 Å². The molecule has 0 amide bonds. The smallest absolute Gasteiger partial charge is 0.146 e. The van der Waals surface area contributed by atoms with E-state index in [0.29, 0.717) is 12.4 Å². The fourth-order valence-electron chi connectivity index (χ4n) is 1.34. The van der Waals surface area contributed by atoms with E-state index in [9.17, 15) is 0 Å². The highest BCUT2D eigenvalue weighted by Gasteiger charge is 2.08. The summed E-state index contributed by atoms with van der Waals surface area (Å²) in [5.74, 6) is 1.45. The number of nitrogens with zero attached hydrogens (tertiary/aromatic N) is 1. The SMILES string of the molecule is Nc1ccc(COc2c(I)cc(I)cc2I)cn1. The molecule has 0 spiro atoms. The summed E-state index contributed by atoms with van der Waals surface area (Å²) in [6, 6.07) is 7.90. The van der Waals surface area contributed by atoms with E-state index in [1.807, 2.05) is 6.07 Å². The van der Waals surface area contributed by atoms with Crippen LogP contribution in [0.25, 0.3) is 0 Å². The predicted octanol–water partition coefficient (Wildman–Crippen LogP) is 4.06. The summed E-state index contributed by atoms with van der Waals surface area (Å²) in [5, 5.41) is 0. The fourth-order valence-corrected chi connectivity index (χ4v) is 5.24. The molecule has 0 saturated heterocycles. The molecule has 2 rings (SSSR count). The third-order valence-electron chi connectivity index (χ3n) is 2.19. The van der Waals surface area contributed by atoms with Crippen molar-refractivity contribution in [2.24, 2.45) is 0 Å². The Bertz CT molecular complexity index is 535. The van der Waals surface area contributed by atoms with Gasteiger partial charge in [-0.1, -0.05) is 6.07 Å². The molecule has 2 N–H and O–H groups in total. The number of ether oxygens (including phenoxy) is 1. The monoisotopic (exact) mass is 578 g/mol. The molecule has 3 nitrogen and oxygen atoms in total. The van der Waals surface area contributed by atoms with Gasteiger partial charge in [0.2, 0.25) is 0 Å². The average molecular weight is 578 g/mol. The van der Waals surface area contributed by atoms with E-state index in [0.717, 1.165) is 18.5 Å². The molecule has 0 aliphatic rings. The predicted molar refractivity (Wildman–Crippen MR) is 97.6 cm³/mol. The van der Waals surface area contributed by atoms with Gasteiger partial charge in [0.25, 0.3) is 0 Å². The van der Waals surface area contributed by atoms with Gasteiger partial charge in [-0.05, 0) is 86.0 Å². The Morgan fingerprint density at radius 1 is 1.11 bits per heavy atom. The van der Waals surface area contributed by atoms with Gasteiger partial charge >= 0.3 is 0 Å². The summed E-state index contributed by atoms with van der Waals surface area (Å²) in [6.07, 6.45) is 1.74. The molecule has 1 aromatic heterocycles. The number of halogens is 3. The lowest BCUT2D eigenvalue weighted by atomic mass is 10.3. The van der Waals surface area contributed by atoms with E-state index in [4.69, 9.17) is 10.5 Å². The first-order valence-electron chi connectivity index (χ1n) is 5.04. The molecular weight excluding hydrogens is 569 g/mol. The molecule has 0 aliphatic carbocycles. The zero-order valence-corrected chi connectivity index (χ0v) is 15.6. The minimum absolute atomic E-state index is 0.500. The zero-order chi connectivity index (χ0) is 13.1. The van der Waals surface area contributed by atoms with Crippen LogP contribution in [0.1, 0.15) is 5.56 Å². The summed E-state index contributed by atoms with van der Waals surface area (Å²) in [7, 11) is 0. The largest absolute Gasteiger partial charge is 0.487 e. The molecule has 0 atom stereocenters. The van der Waals surface area contributed by atoms with Crippen molar-refractivity contribution in [1.82, 2.24) is 4.98 Å². The van der Waals surface area contributed by atoms with Gasteiger partial charge < -0.3 is 10.5 Å². The first kappa shape index (κ1) is 14.6. The standard InChI is InChI=1S/C12H9I3N2O/c13-8-3-9(14)12(10(15)4-8)18-6-7-1-2-11(16)17-5-7/h1-5H,6H2,(H2,16,17). The summed E-state index contributed by atoms with van der Waals surface area (Å²) < 4.78 is 9.30. The number of pyridine rings is 1. The number of rotatable bonds is 3. The fraction of sp³-hybridized carbons (Fsp3) is 0.0833. The van der Waals surface area contributed by atoms with Crippen LogP contribution in [0.2, 0.25) is 0 Å². The molecule has 1 heterocycles. The van der Waals surface area contributed by atoms with E-state index < -0.39 is 0 Å². The molecule has 2 aromatic rings. The molecule has 18 heavy (non-hydrogen) atoms. The van der Waals surface area contributed by atoms with E-state index in [-0.39, 0.29) is 0 Å². The third-order valence-corrected chi connectivity index (χ3v) is 4.42. The first-order valence-corrected chi connectivity index (χ1v) is 8.27. The van der Waals surface area contributed by atoms with Gasteiger partial charge in [-0.25, -0.2) is 4.98 Å². The Morgan fingerprint density at radius 3 is 2.33 bits per heavy atom. The second-order valence-corrected chi connectivity index (χ2v) is 7.15. The average Bonchev–Trinajstić information content (AvgIpc) is 2.30. The highest BCUT2D eigenvalue weighted by molar-refractivity contribution is 14.1. The summed E-state index contributed by atoms with van der Waals surface area (Å²) in [4.78, 5) is 4.04. The summed E-state index contributed by atoms with van der Waals surface area (Å²) >= 11 is 6.88. The van der Waals surface area contributed by atoms with Gasteiger partial charge in [0, 0.05) is 15.3 Å². The normalized spacial score (nSPS) is 10.4. The van der Waals surface area contributed by atoms with Gasteiger partial charge in [0.15, 0.2) is 0 Å². The minimum Gasteiger partial charge on any atom is -0.487 e. The van der Waals surface area contributed by atoms with Crippen molar-refractivity contribution < 1.29 is 4.74 Å². The maximum atomic E-state index is 5.85. The maximum absolute atomic E-state index is 5.85. The van der Waals surface area contributed by atoms with Crippen LogP contribution in [0.4, 0.5) is 5.82 Å². The lowest BCUT2D eigenvalue weighted by Crippen LogP contribution is -2.00. The minimum atomic E-state index is 0.500. The van der Waals surface area contributed by atoms with Crippen LogP contribution >= 0.6 is 67.8 Å². The molecule has 0 bridgehead atoms. The number of benzene rings is 1. The number of nitrogen functional groups attached to an aromatic ring is 1. The van der Waals surface area contributed by atoms with Crippen molar-refractivity contribution >= 4 is 73.6 Å². The van der Waals surface area contributed by atoms with E-state index >= 15 is 0 Å². The van der Waals surface area contributed by atoms with Crippen molar-refractivity contribution in [1.29, 1.82) is 0 Å². The maximum Gasteiger partial charge on any atom is 0.146 e. The van der Waals surface area contributed by atoms with Crippen LogP contribution in [0.5, 0.6) is 5.75 Å². The van der Waals surface area contributed by atoms with Crippen molar-refractivity contribution in [3.63, 3.8) is 0 Å². The summed E-state index contributed by atoms with van der Waals surface area (Å²) in [6.45, 7) is 0.500. The Hall–Kier alpha value is 0.160. The van der Waals surface area contributed by atoms with Gasteiger partial charge in [-0.2, -0.15) is 0 Å². The quantitative estimate of drug-likeness (QED) is 0.560. The van der Waals surface area contributed by atoms with Crippen LogP contribution in [0.15, 0.2) is 30.5 Å². The second kappa shape index (κ2) is 6.55. The highest BCUT2D eigenvalue weighted by Crippen LogP contribution is 2.30. The van der Waals surface area contributed by atoms with E-state index in [1.165, 1.54) is 3.57 Å². The molecule has 94 valence electrons. The van der Waals surface area contributed by atoms with E-state index in [2.05, 4.69) is 84.9 Å². The summed E-state index contributed by atoms with van der Waals surface area (Å²) in [5.41, 5.74) is 6.55. The van der Waals surface area contributed by atoms with Crippen LogP contribution < -0.4 is 10.5 Å². The number of aromatic nitrogens is 1. The van der Waals surface area contributed by atoms with Crippen molar-refractivity contribution in [2.45, 2.75) is 6.61 Å². The zero-order valence-electron chi connectivity index (χ0n) is 9.16. The van der Waals surface area contributed by atoms with Crippen molar-refractivity contribution in [3.8, 4) is 5.75 Å². The Balaban J connectivity index is 2.13. The molecule has 1 aromatic carbocycles. The molecule has 6 heteroatoms. The van der Waals surface area contributed by atoms with Gasteiger partial charge in [0.05, 0.1) is 7.14 Å². The Labute approximate surface area is 146 Å². The van der Waals surface area contributed by atoms with Gasteiger partial charge in [-0.15, -0.1) is 0 Å². The van der Waals surface area contributed by atoms with Crippen molar-refractivity contribution in [2.75, 3.05) is 5.73 Å². The first-order chi connectivity index (χ1) is 8.56. The lowest BCUT2D eigenvalue weighted by Gasteiger charge is -2.11. The third kappa shape index (κ3) is 3.83. The number of nitrogens with two attached hydrogens (primary N) is 1. The van der Waals surface area contributed by atoms with Crippen LogP contribution in [0.3, 0.4) is 0 Å². The topological polar surface area (TPSA) is 48.1 Å². The van der Waals surface area contributed by atoms with E-state index in [1.54, 1.807) is 12.3 Å². The Kier molecular flexibility index (Phi) is 5.30. The second-order valence-electron chi connectivity index (χ2n) is 3.58. The highest BCUT2D eigenvalue weighted by atomic mass is 127. The number of anilines is 1. The molecular formula is C12H9I3N2O. The molecule has 0 saturated carbocycles. The van der Waals surface area contributed by atoms with Gasteiger partial charge in [-0.3, -0.25) is 0 Å². The Morgan fingerprint density at radius 2 is 1.78 bits per heavy atom. The molecule has 0 unspecified atom stereocenters. The van der Waals surface area contributed by atoms with Crippen molar-refractivity contribution in [3.05, 3.63) is 46.7 Å². The number of hydrogen-bond acceptors (Lipinski definition) is 3. The van der Waals surface area contributed by atoms with Crippen LogP contribution in [-0.2, 0) is 6.61 Å². The van der Waals surface area contributed by atoms with Gasteiger partial charge in [0.1, 0.15) is 18.2 Å². The lowest BCUT2D eigenvalue weighted by molar-refractivity contribution is 0.301.